The molecule has 1 aliphatic heterocycles. The zero-order chi connectivity index (χ0) is 17.8. The lowest BCUT2D eigenvalue weighted by atomic mass is 10.1. The summed E-state index contributed by atoms with van der Waals surface area (Å²) in [5, 5.41) is 3.75. The van der Waals surface area contributed by atoms with Gasteiger partial charge in [0, 0.05) is 49.2 Å². The van der Waals surface area contributed by atoms with Crippen LogP contribution in [0.2, 0.25) is 0 Å². The maximum atomic E-state index is 12.7. The molecule has 2 heterocycles. The van der Waals surface area contributed by atoms with E-state index in [-0.39, 0.29) is 11.8 Å². The quantitative estimate of drug-likeness (QED) is 0.874. The summed E-state index contributed by atoms with van der Waals surface area (Å²) in [6.45, 7) is 9.23. The van der Waals surface area contributed by atoms with Crippen molar-refractivity contribution in [1.82, 2.24) is 20.1 Å². The first-order valence-corrected chi connectivity index (χ1v) is 9.05. The average molecular weight is 342 g/mol. The number of rotatable bonds is 5. The standard InChI is InChI=1S/C19H26N4O2/c1-3-7-20-18(24)17-13-15-12-14(5-6-16(15)21-17)19(25)23-10-8-22(4-2)9-11-23/h5-6,12-13,21H,3-4,7-11H2,1-2H3,(H,20,24). The highest BCUT2D eigenvalue weighted by Crippen LogP contribution is 2.19. The normalized spacial score (nSPS) is 15.5. The Balaban J connectivity index is 1.74. The molecule has 25 heavy (non-hydrogen) atoms. The van der Waals surface area contributed by atoms with Gasteiger partial charge in [0.1, 0.15) is 5.69 Å². The number of aromatic nitrogens is 1. The van der Waals surface area contributed by atoms with Crippen molar-refractivity contribution in [3.05, 3.63) is 35.5 Å². The predicted octanol–water partition coefficient (Wildman–Crippen LogP) is 2.09. The molecule has 1 aromatic heterocycles. The smallest absolute Gasteiger partial charge is 0.267 e. The lowest BCUT2D eigenvalue weighted by molar-refractivity contribution is 0.0643. The number of hydrogen-bond acceptors (Lipinski definition) is 3. The topological polar surface area (TPSA) is 68.4 Å². The molecule has 1 aliphatic rings. The number of amides is 2. The monoisotopic (exact) mass is 342 g/mol. The summed E-state index contributed by atoms with van der Waals surface area (Å²) in [5.41, 5.74) is 2.08. The first-order valence-electron chi connectivity index (χ1n) is 9.05. The molecule has 0 saturated carbocycles. The molecular formula is C19H26N4O2. The molecule has 2 aromatic rings. The van der Waals surface area contributed by atoms with Crippen LogP contribution in [0.3, 0.4) is 0 Å². The molecule has 1 aromatic carbocycles. The molecule has 0 atom stereocenters. The van der Waals surface area contributed by atoms with E-state index >= 15 is 0 Å². The number of carbonyl (C=O) groups excluding carboxylic acids is 2. The van der Waals surface area contributed by atoms with E-state index in [4.69, 9.17) is 0 Å². The van der Waals surface area contributed by atoms with Crippen molar-refractivity contribution in [2.75, 3.05) is 39.3 Å². The van der Waals surface area contributed by atoms with Gasteiger partial charge in [-0.25, -0.2) is 0 Å². The van der Waals surface area contributed by atoms with Gasteiger partial charge in [0.25, 0.3) is 11.8 Å². The minimum absolute atomic E-state index is 0.0656. The molecule has 2 amide bonds. The number of piperazine rings is 1. The predicted molar refractivity (Wildman–Crippen MR) is 98.9 cm³/mol. The van der Waals surface area contributed by atoms with E-state index in [0.717, 1.165) is 50.0 Å². The zero-order valence-electron chi connectivity index (χ0n) is 15.0. The number of hydrogen-bond donors (Lipinski definition) is 2. The van der Waals surface area contributed by atoms with Crippen LogP contribution in [0.4, 0.5) is 0 Å². The lowest BCUT2D eigenvalue weighted by Gasteiger charge is -2.34. The summed E-state index contributed by atoms with van der Waals surface area (Å²) in [4.78, 5) is 32.2. The van der Waals surface area contributed by atoms with Crippen LogP contribution in [0.25, 0.3) is 10.9 Å². The second kappa shape index (κ2) is 7.70. The fraction of sp³-hybridized carbons (Fsp3) is 0.474. The molecule has 6 nitrogen and oxygen atoms in total. The number of aromatic amines is 1. The molecule has 0 spiro atoms. The Bertz CT molecular complexity index is 760. The van der Waals surface area contributed by atoms with E-state index in [2.05, 4.69) is 22.1 Å². The highest BCUT2D eigenvalue weighted by atomic mass is 16.2. The van der Waals surface area contributed by atoms with E-state index in [1.54, 1.807) is 0 Å². The molecule has 3 rings (SSSR count). The van der Waals surface area contributed by atoms with Crippen LogP contribution in [-0.2, 0) is 0 Å². The van der Waals surface area contributed by atoms with Gasteiger partial charge in [-0.15, -0.1) is 0 Å². The highest BCUT2D eigenvalue weighted by Gasteiger charge is 2.21. The Morgan fingerprint density at radius 3 is 2.56 bits per heavy atom. The number of likely N-dealkylation sites (N-methyl/N-ethyl adjacent to an activating group) is 1. The summed E-state index contributed by atoms with van der Waals surface area (Å²) < 4.78 is 0. The van der Waals surface area contributed by atoms with E-state index in [1.807, 2.05) is 36.1 Å². The number of nitrogens with one attached hydrogen (secondary N) is 2. The van der Waals surface area contributed by atoms with Crippen molar-refractivity contribution in [1.29, 1.82) is 0 Å². The third-order valence-electron chi connectivity index (χ3n) is 4.75. The van der Waals surface area contributed by atoms with Crippen LogP contribution in [0.15, 0.2) is 24.3 Å². The van der Waals surface area contributed by atoms with E-state index in [0.29, 0.717) is 17.8 Å². The summed E-state index contributed by atoms with van der Waals surface area (Å²) in [7, 11) is 0. The number of benzene rings is 1. The largest absolute Gasteiger partial charge is 0.351 e. The van der Waals surface area contributed by atoms with Crippen molar-refractivity contribution in [3.8, 4) is 0 Å². The van der Waals surface area contributed by atoms with Crippen LogP contribution < -0.4 is 5.32 Å². The Kier molecular flexibility index (Phi) is 5.38. The minimum atomic E-state index is -0.110. The Morgan fingerprint density at radius 2 is 1.88 bits per heavy atom. The Hall–Kier alpha value is -2.34. The highest BCUT2D eigenvalue weighted by molar-refractivity contribution is 6.01. The summed E-state index contributed by atoms with van der Waals surface area (Å²) >= 11 is 0. The summed E-state index contributed by atoms with van der Waals surface area (Å²) in [6, 6.07) is 7.39. The molecule has 6 heteroatoms. The van der Waals surface area contributed by atoms with Crippen molar-refractivity contribution >= 4 is 22.7 Å². The summed E-state index contributed by atoms with van der Waals surface area (Å²) in [6.07, 6.45) is 0.899. The molecule has 0 aliphatic carbocycles. The van der Waals surface area contributed by atoms with Crippen molar-refractivity contribution in [3.63, 3.8) is 0 Å². The van der Waals surface area contributed by atoms with Gasteiger partial charge in [0.05, 0.1) is 0 Å². The first-order chi connectivity index (χ1) is 12.1. The average Bonchev–Trinajstić information content (AvgIpc) is 3.09. The maximum absolute atomic E-state index is 12.7. The summed E-state index contributed by atoms with van der Waals surface area (Å²) in [5.74, 6) is -0.0440. The van der Waals surface area contributed by atoms with E-state index in [1.165, 1.54) is 0 Å². The molecule has 0 radical (unpaired) electrons. The van der Waals surface area contributed by atoms with Crippen molar-refractivity contribution < 1.29 is 9.59 Å². The van der Waals surface area contributed by atoms with Crippen LogP contribution in [0.5, 0.6) is 0 Å². The van der Waals surface area contributed by atoms with Crippen molar-refractivity contribution in [2.45, 2.75) is 20.3 Å². The van der Waals surface area contributed by atoms with Crippen LogP contribution >= 0.6 is 0 Å². The van der Waals surface area contributed by atoms with Gasteiger partial charge < -0.3 is 20.1 Å². The number of fused-ring (bicyclic) bond motifs is 1. The Morgan fingerprint density at radius 1 is 1.12 bits per heavy atom. The van der Waals surface area contributed by atoms with Gasteiger partial charge in [0.2, 0.25) is 0 Å². The lowest BCUT2D eigenvalue weighted by Crippen LogP contribution is -2.48. The molecule has 1 saturated heterocycles. The minimum Gasteiger partial charge on any atom is -0.351 e. The molecule has 2 N–H and O–H groups in total. The van der Waals surface area contributed by atoms with Gasteiger partial charge in [-0.1, -0.05) is 13.8 Å². The van der Waals surface area contributed by atoms with Gasteiger partial charge >= 0.3 is 0 Å². The molecule has 134 valence electrons. The SMILES string of the molecule is CCCNC(=O)c1cc2cc(C(=O)N3CCN(CC)CC3)ccc2[nH]1. The second-order valence-corrected chi connectivity index (χ2v) is 6.47. The fourth-order valence-electron chi connectivity index (χ4n) is 3.17. The van der Waals surface area contributed by atoms with Crippen LogP contribution in [0, 0.1) is 0 Å². The molecule has 0 bridgehead atoms. The van der Waals surface area contributed by atoms with Crippen LogP contribution in [-0.4, -0.2) is 65.9 Å². The van der Waals surface area contributed by atoms with Gasteiger partial charge in [-0.3, -0.25) is 9.59 Å². The fourth-order valence-corrected chi connectivity index (χ4v) is 3.17. The molecular weight excluding hydrogens is 316 g/mol. The van der Waals surface area contributed by atoms with Gasteiger partial charge in [-0.2, -0.15) is 0 Å². The second-order valence-electron chi connectivity index (χ2n) is 6.47. The van der Waals surface area contributed by atoms with Gasteiger partial charge in [0.15, 0.2) is 0 Å². The molecule has 0 unspecified atom stereocenters. The number of carbonyl (C=O) groups is 2. The van der Waals surface area contributed by atoms with Crippen molar-refractivity contribution in [2.24, 2.45) is 0 Å². The van der Waals surface area contributed by atoms with E-state index in [9.17, 15) is 9.59 Å². The molecule has 1 fully saturated rings. The van der Waals surface area contributed by atoms with E-state index < -0.39 is 0 Å². The Labute approximate surface area is 148 Å². The maximum Gasteiger partial charge on any atom is 0.267 e. The zero-order valence-corrected chi connectivity index (χ0v) is 15.0. The number of H-pyrrole nitrogens is 1. The third kappa shape index (κ3) is 3.85. The first kappa shape index (κ1) is 17.5. The third-order valence-corrected chi connectivity index (χ3v) is 4.75. The number of nitrogens with zero attached hydrogens (tertiary/aromatic N) is 2. The van der Waals surface area contributed by atoms with Crippen LogP contribution in [0.1, 0.15) is 41.1 Å². The van der Waals surface area contributed by atoms with Gasteiger partial charge in [-0.05, 0) is 37.2 Å².